The molecule has 0 aliphatic carbocycles. The molecule has 3 heterocycles. The van der Waals surface area contributed by atoms with Crippen LogP contribution < -0.4 is 4.90 Å². The van der Waals surface area contributed by atoms with Gasteiger partial charge in [0.2, 0.25) is 5.95 Å². The Morgan fingerprint density at radius 1 is 1.02 bits per heavy atom. The highest BCUT2D eigenvalue weighted by molar-refractivity contribution is 5.89. The average Bonchev–Trinajstić information content (AvgIpc) is 3.24. The predicted octanol–water partition coefficient (Wildman–Crippen LogP) is 7.13. The molecule has 11 heteroatoms. The van der Waals surface area contributed by atoms with E-state index in [-0.39, 0.29) is 17.7 Å². The van der Waals surface area contributed by atoms with Crippen LogP contribution in [0.15, 0.2) is 72.9 Å². The fraction of sp³-hybridized carbons (Fsp3) is 0.273. The molecule has 2 atom stereocenters. The zero-order chi connectivity index (χ0) is 31.2. The molecule has 44 heavy (non-hydrogen) atoms. The SMILES string of the molecule is Cc1cc(C(=O)O)ccc1-c1cccc(-c2cnc(N3CCC3)nc2CN2C(=O)O[C@H](c3cccc(C(F)(F)F)c3)[C@@H]2C)c1. The highest BCUT2D eigenvalue weighted by atomic mass is 19.4. The maximum absolute atomic E-state index is 13.4. The third kappa shape index (κ3) is 5.57. The summed E-state index contributed by atoms with van der Waals surface area (Å²) in [5.41, 5.74) is 4.28. The molecule has 0 spiro atoms. The topological polar surface area (TPSA) is 95.9 Å². The smallest absolute Gasteiger partial charge is 0.416 e. The minimum absolute atomic E-state index is 0.0602. The number of carboxylic acids is 1. The number of aryl methyl sites for hydroxylation is 1. The summed E-state index contributed by atoms with van der Waals surface area (Å²) >= 11 is 0. The highest BCUT2D eigenvalue weighted by Crippen LogP contribution is 2.38. The van der Waals surface area contributed by atoms with Crippen LogP contribution in [0.25, 0.3) is 22.3 Å². The van der Waals surface area contributed by atoms with Gasteiger partial charge >= 0.3 is 18.2 Å². The number of aromatic carboxylic acids is 1. The van der Waals surface area contributed by atoms with E-state index < -0.39 is 35.9 Å². The Morgan fingerprint density at radius 3 is 2.41 bits per heavy atom. The van der Waals surface area contributed by atoms with Crippen LogP contribution in [0, 0.1) is 6.92 Å². The molecule has 2 fully saturated rings. The lowest BCUT2D eigenvalue weighted by atomic mass is 9.95. The summed E-state index contributed by atoms with van der Waals surface area (Å²) in [5, 5.41) is 9.36. The van der Waals surface area contributed by atoms with Crippen LogP contribution in [0.3, 0.4) is 0 Å². The number of halogens is 3. The summed E-state index contributed by atoms with van der Waals surface area (Å²) in [6, 6.07) is 16.9. The molecule has 2 aliphatic heterocycles. The molecule has 2 saturated heterocycles. The van der Waals surface area contributed by atoms with E-state index in [2.05, 4.69) is 4.98 Å². The average molecular weight is 603 g/mol. The Hall–Kier alpha value is -4.93. The first kappa shape index (κ1) is 29.2. The van der Waals surface area contributed by atoms with E-state index >= 15 is 0 Å². The van der Waals surface area contributed by atoms with Gasteiger partial charge in [-0.3, -0.25) is 4.90 Å². The molecule has 2 aliphatic rings. The maximum Gasteiger partial charge on any atom is 0.416 e. The molecule has 0 saturated carbocycles. The predicted molar refractivity (Wildman–Crippen MR) is 157 cm³/mol. The number of aromatic nitrogens is 2. The number of hydrogen-bond donors (Lipinski definition) is 1. The summed E-state index contributed by atoms with van der Waals surface area (Å²) in [5.74, 6) is -0.455. The van der Waals surface area contributed by atoms with Gasteiger partial charge in [-0.15, -0.1) is 0 Å². The summed E-state index contributed by atoms with van der Waals surface area (Å²) in [4.78, 5) is 37.5. The first-order valence-corrected chi connectivity index (χ1v) is 14.2. The van der Waals surface area contributed by atoms with Gasteiger partial charge in [0, 0.05) is 24.8 Å². The lowest BCUT2D eigenvalue weighted by Crippen LogP contribution is -2.39. The molecular formula is C33H29F3N4O4. The lowest BCUT2D eigenvalue weighted by Gasteiger charge is -2.31. The number of carbonyl (C=O) groups is 2. The van der Waals surface area contributed by atoms with Crippen molar-refractivity contribution in [3.8, 4) is 22.3 Å². The first-order valence-electron chi connectivity index (χ1n) is 14.2. The Balaban J connectivity index is 1.34. The Morgan fingerprint density at radius 2 is 1.75 bits per heavy atom. The van der Waals surface area contributed by atoms with Crippen molar-refractivity contribution in [2.24, 2.45) is 0 Å². The van der Waals surface area contributed by atoms with Crippen molar-refractivity contribution in [1.29, 1.82) is 0 Å². The Bertz CT molecular complexity index is 1760. The molecule has 0 radical (unpaired) electrons. The maximum atomic E-state index is 13.4. The van der Waals surface area contributed by atoms with Crippen LogP contribution >= 0.6 is 0 Å². The molecule has 1 N–H and O–H groups in total. The number of benzene rings is 3. The van der Waals surface area contributed by atoms with E-state index in [4.69, 9.17) is 9.72 Å². The van der Waals surface area contributed by atoms with Gasteiger partial charge in [0.15, 0.2) is 0 Å². The number of carboxylic acid groups (broad SMARTS) is 1. The van der Waals surface area contributed by atoms with E-state index in [1.807, 2.05) is 36.1 Å². The molecule has 226 valence electrons. The van der Waals surface area contributed by atoms with Crippen LogP contribution in [-0.2, 0) is 17.5 Å². The van der Waals surface area contributed by atoms with E-state index in [9.17, 15) is 27.9 Å². The van der Waals surface area contributed by atoms with Gasteiger partial charge in [-0.05, 0) is 78.4 Å². The van der Waals surface area contributed by atoms with Crippen LogP contribution in [-0.4, -0.2) is 51.2 Å². The van der Waals surface area contributed by atoms with Gasteiger partial charge < -0.3 is 14.7 Å². The van der Waals surface area contributed by atoms with E-state index in [0.717, 1.165) is 53.9 Å². The number of ether oxygens (including phenoxy) is 1. The quantitative estimate of drug-likeness (QED) is 0.241. The van der Waals surface area contributed by atoms with E-state index in [0.29, 0.717) is 17.2 Å². The second kappa shape index (κ2) is 11.3. The summed E-state index contributed by atoms with van der Waals surface area (Å²) < 4.78 is 45.8. The standard InChI is InChI=1S/C33H29F3N4O4/c1-19-14-24(30(41)42)10-11-26(19)21-6-3-7-22(15-21)27-17-37-31(39-12-5-13-39)38-28(27)18-40-20(2)29(44-32(40)43)23-8-4-9-25(16-23)33(34,35)36/h3-4,6-11,14-17,20,29H,5,12-13,18H2,1-2H3,(H,41,42)/t20-,29-/m0/s1. The molecule has 1 amide bonds. The zero-order valence-electron chi connectivity index (χ0n) is 24.0. The van der Waals surface area contributed by atoms with Gasteiger partial charge in [-0.1, -0.05) is 36.4 Å². The first-order chi connectivity index (χ1) is 21.0. The molecule has 3 aromatic carbocycles. The molecule has 4 aromatic rings. The fourth-order valence-electron chi connectivity index (χ4n) is 5.62. The van der Waals surface area contributed by atoms with Crippen molar-refractivity contribution in [3.63, 3.8) is 0 Å². The zero-order valence-corrected chi connectivity index (χ0v) is 24.0. The summed E-state index contributed by atoms with van der Waals surface area (Å²) in [6.45, 7) is 5.30. The van der Waals surface area contributed by atoms with E-state index in [1.165, 1.54) is 17.0 Å². The largest absolute Gasteiger partial charge is 0.478 e. The van der Waals surface area contributed by atoms with Crippen LogP contribution in [0.4, 0.5) is 23.9 Å². The fourth-order valence-corrected chi connectivity index (χ4v) is 5.62. The molecule has 0 unspecified atom stereocenters. The van der Waals surface area contributed by atoms with Gasteiger partial charge in [0.05, 0.1) is 29.4 Å². The number of anilines is 1. The third-order valence-electron chi connectivity index (χ3n) is 8.21. The van der Waals surface area contributed by atoms with Crippen LogP contribution in [0.5, 0.6) is 0 Å². The normalized spacial score (nSPS) is 18.2. The molecule has 6 rings (SSSR count). The number of amides is 1. The van der Waals surface area contributed by atoms with E-state index in [1.54, 1.807) is 31.3 Å². The van der Waals surface area contributed by atoms with Crippen LogP contribution in [0.2, 0.25) is 0 Å². The lowest BCUT2D eigenvalue weighted by molar-refractivity contribution is -0.137. The van der Waals surface area contributed by atoms with Crippen molar-refractivity contribution in [3.05, 3.63) is 101 Å². The number of hydrogen-bond acceptors (Lipinski definition) is 6. The summed E-state index contributed by atoms with van der Waals surface area (Å²) in [7, 11) is 0. The molecule has 0 bridgehead atoms. The number of alkyl halides is 3. The number of cyclic esters (lactones) is 1. The van der Waals surface area contributed by atoms with Crippen molar-refractivity contribution in [2.45, 2.75) is 45.1 Å². The van der Waals surface area contributed by atoms with Gasteiger partial charge in [0.25, 0.3) is 0 Å². The Labute approximate surface area is 251 Å². The highest BCUT2D eigenvalue weighted by Gasteiger charge is 2.41. The number of carbonyl (C=O) groups excluding carboxylic acids is 1. The Kier molecular flexibility index (Phi) is 7.48. The molecular weight excluding hydrogens is 573 g/mol. The number of rotatable bonds is 7. The minimum Gasteiger partial charge on any atom is -0.478 e. The monoisotopic (exact) mass is 602 g/mol. The molecule has 8 nitrogen and oxygen atoms in total. The second-order valence-electron chi connectivity index (χ2n) is 11.1. The van der Waals surface area contributed by atoms with Crippen LogP contribution in [0.1, 0.15) is 52.2 Å². The van der Waals surface area contributed by atoms with Gasteiger partial charge in [0.1, 0.15) is 6.10 Å². The second-order valence-corrected chi connectivity index (χ2v) is 11.1. The van der Waals surface area contributed by atoms with Gasteiger partial charge in [-0.2, -0.15) is 13.2 Å². The van der Waals surface area contributed by atoms with Crippen molar-refractivity contribution >= 4 is 18.0 Å². The molecule has 1 aromatic heterocycles. The third-order valence-corrected chi connectivity index (χ3v) is 8.21. The van der Waals surface area contributed by atoms with Crippen molar-refractivity contribution < 1.29 is 32.6 Å². The van der Waals surface area contributed by atoms with Crippen molar-refractivity contribution in [1.82, 2.24) is 14.9 Å². The minimum atomic E-state index is -4.52. The van der Waals surface area contributed by atoms with Gasteiger partial charge in [-0.25, -0.2) is 19.6 Å². The van der Waals surface area contributed by atoms with Crippen molar-refractivity contribution in [2.75, 3.05) is 18.0 Å². The number of nitrogens with zero attached hydrogens (tertiary/aromatic N) is 4. The summed E-state index contributed by atoms with van der Waals surface area (Å²) in [6.07, 6.45) is -3.29.